The number of fused-ring (bicyclic) bond motifs is 2. The van der Waals surface area contributed by atoms with Crippen LogP contribution in [0.5, 0.6) is 0 Å². The van der Waals surface area contributed by atoms with Gasteiger partial charge in [0.1, 0.15) is 5.82 Å². The van der Waals surface area contributed by atoms with Gasteiger partial charge < -0.3 is 9.88 Å². The Hall–Kier alpha value is -2.83. The van der Waals surface area contributed by atoms with E-state index in [1.807, 2.05) is 30.5 Å². The summed E-state index contributed by atoms with van der Waals surface area (Å²) in [5.74, 6) is -0.286. The molecule has 3 saturated carbocycles. The second-order valence-electron chi connectivity index (χ2n) is 8.45. The number of carbonyl (C=O) groups excluding carboxylic acids is 1. The lowest BCUT2D eigenvalue weighted by Gasteiger charge is -2.40. The number of carbonyl (C=O) groups is 1. The van der Waals surface area contributed by atoms with Crippen LogP contribution in [0, 0.1) is 42.2 Å². The zero-order chi connectivity index (χ0) is 20.3. The van der Waals surface area contributed by atoms with Crippen LogP contribution in [0.25, 0.3) is 11.0 Å². The Balaban J connectivity index is 1.34. The molecular weight excluding hydrogens is 374 g/mol. The van der Waals surface area contributed by atoms with Crippen LogP contribution in [0.15, 0.2) is 36.8 Å². The van der Waals surface area contributed by atoms with E-state index in [4.69, 9.17) is 0 Å². The first-order valence-corrected chi connectivity index (χ1v) is 9.97. The fraction of sp³-hybridized carbons (Fsp3) is 0.409. The average molecular weight is 396 g/mol. The fourth-order valence-corrected chi connectivity index (χ4v) is 5.31. The third-order valence-corrected chi connectivity index (χ3v) is 6.78. The first kappa shape index (κ1) is 18.2. The molecular formula is C22H22F2N4O. The van der Waals surface area contributed by atoms with Crippen LogP contribution in [-0.2, 0) is 4.79 Å². The Morgan fingerprint density at radius 2 is 2.00 bits per heavy atom. The molecule has 150 valence electrons. The molecule has 3 aliphatic carbocycles. The van der Waals surface area contributed by atoms with Crippen molar-refractivity contribution in [3.8, 4) is 0 Å². The highest BCUT2D eigenvalue weighted by molar-refractivity contribution is 5.91. The second kappa shape index (κ2) is 6.61. The summed E-state index contributed by atoms with van der Waals surface area (Å²) in [6.45, 7) is 3.92. The van der Waals surface area contributed by atoms with E-state index in [9.17, 15) is 13.6 Å². The minimum atomic E-state index is -0.883. The van der Waals surface area contributed by atoms with Crippen molar-refractivity contribution in [3.05, 3.63) is 54.0 Å². The maximum atomic E-state index is 13.8. The fourth-order valence-electron chi connectivity index (χ4n) is 5.31. The maximum Gasteiger partial charge on any atom is 0.228 e. The van der Waals surface area contributed by atoms with Gasteiger partial charge in [0.15, 0.2) is 11.6 Å². The summed E-state index contributed by atoms with van der Waals surface area (Å²) < 4.78 is 29.2. The highest BCUT2D eigenvalue weighted by Gasteiger charge is 2.56. The summed E-state index contributed by atoms with van der Waals surface area (Å²) in [4.78, 5) is 21.3. The van der Waals surface area contributed by atoms with Gasteiger partial charge in [-0.3, -0.25) is 4.79 Å². The van der Waals surface area contributed by atoms with E-state index in [1.54, 1.807) is 12.5 Å². The number of halogens is 2. The van der Waals surface area contributed by atoms with E-state index in [1.165, 1.54) is 6.07 Å². The van der Waals surface area contributed by atoms with Crippen molar-refractivity contribution >= 4 is 22.8 Å². The van der Waals surface area contributed by atoms with Gasteiger partial charge in [-0.1, -0.05) is 13.0 Å². The summed E-state index contributed by atoms with van der Waals surface area (Å²) in [6, 6.07) is 6.25. The normalized spacial score (nSPS) is 26.3. The monoisotopic (exact) mass is 396 g/mol. The maximum absolute atomic E-state index is 13.8. The van der Waals surface area contributed by atoms with Gasteiger partial charge >= 0.3 is 0 Å². The number of rotatable bonds is 4. The minimum absolute atomic E-state index is 0.0229. The van der Waals surface area contributed by atoms with Gasteiger partial charge in [0, 0.05) is 30.3 Å². The van der Waals surface area contributed by atoms with E-state index in [2.05, 4.69) is 15.3 Å². The van der Waals surface area contributed by atoms with E-state index in [-0.39, 0.29) is 23.8 Å². The van der Waals surface area contributed by atoms with Crippen molar-refractivity contribution < 1.29 is 13.6 Å². The standard InChI is InChI=1S/C22H22F2N4O/c1-11-3-4-20(25-9-11)27-22(29)12(2)21-13-5-14(21)18(6-13)28-10-26-17-7-15(23)16(24)8-19(17)28/h3-4,7-10,12-14,18,21H,5-6H2,1-2H3,(H,25,27,29)/t12?,13-,14?,18+,21-/m0/s1. The molecule has 0 aliphatic heterocycles. The van der Waals surface area contributed by atoms with Gasteiger partial charge in [-0.2, -0.15) is 0 Å². The molecule has 5 atom stereocenters. The lowest BCUT2D eigenvalue weighted by atomic mass is 9.65. The number of pyridine rings is 1. The topological polar surface area (TPSA) is 59.8 Å². The predicted molar refractivity (Wildman–Crippen MR) is 105 cm³/mol. The molecule has 0 spiro atoms. The molecule has 0 saturated heterocycles. The molecule has 1 aromatic carbocycles. The number of aromatic nitrogens is 3. The third-order valence-electron chi connectivity index (χ3n) is 6.78. The van der Waals surface area contributed by atoms with E-state index >= 15 is 0 Å². The van der Waals surface area contributed by atoms with E-state index in [0.717, 1.165) is 24.5 Å². The Morgan fingerprint density at radius 1 is 1.21 bits per heavy atom. The van der Waals surface area contributed by atoms with E-state index in [0.29, 0.717) is 28.7 Å². The summed E-state index contributed by atoms with van der Waals surface area (Å²) >= 11 is 0. The Morgan fingerprint density at radius 3 is 2.76 bits per heavy atom. The van der Waals surface area contributed by atoms with Gasteiger partial charge in [0.05, 0.1) is 17.4 Å². The van der Waals surface area contributed by atoms with Crippen molar-refractivity contribution in [1.29, 1.82) is 0 Å². The molecule has 2 aromatic heterocycles. The number of amides is 1. The number of nitrogens with zero attached hydrogens (tertiary/aromatic N) is 3. The van der Waals surface area contributed by atoms with Crippen LogP contribution in [-0.4, -0.2) is 20.4 Å². The number of hydrogen-bond acceptors (Lipinski definition) is 3. The van der Waals surface area contributed by atoms with Gasteiger partial charge in [0.25, 0.3) is 0 Å². The zero-order valence-corrected chi connectivity index (χ0v) is 16.3. The molecule has 2 bridgehead atoms. The van der Waals surface area contributed by atoms with Gasteiger partial charge in [-0.25, -0.2) is 18.7 Å². The van der Waals surface area contributed by atoms with Crippen LogP contribution in [0.3, 0.4) is 0 Å². The molecule has 2 heterocycles. The summed E-state index contributed by atoms with van der Waals surface area (Å²) in [5, 5.41) is 2.92. The van der Waals surface area contributed by atoms with Gasteiger partial charge in [0.2, 0.25) is 5.91 Å². The van der Waals surface area contributed by atoms with Crippen molar-refractivity contribution in [2.45, 2.75) is 32.7 Å². The summed E-state index contributed by atoms with van der Waals surface area (Å²) in [5.41, 5.74) is 2.11. The molecule has 29 heavy (non-hydrogen) atoms. The van der Waals surface area contributed by atoms with Crippen LogP contribution >= 0.6 is 0 Å². The molecule has 0 radical (unpaired) electrons. The summed E-state index contributed by atoms with van der Waals surface area (Å²) in [7, 11) is 0. The molecule has 2 unspecified atom stereocenters. The van der Waals surface area contributed by atoms with Crippen LogP contribution in [0.2, 0.25) is 0 Å². The summed E-state index contributed by atoms with van der Waals surface area (Å²) in [6.07, 6.45) is 5.39. The first-order valence-electron chi connectivity index (χ1n) is 9.97. The number of imidazole rings is 1. The number of hydrogen-bond donors (Lipinski definition) is 1. The molecule has 5 nitrogen and oxygen atoms in total. The predicted octanol–water partition coefficient (Wildman–Crippen LogP) is 4.49. The molecule has 3 fully saturated rings. The molecule has 7 heteroatoms. The number of anilines is 1. The average Bonchev–Trinajstić information content (AvgIpc) is 3.37. The Labute approximate surface area is 167 Å². The second-order valence-corrected chi connectivity index (χ2v) is 8.45. The minimum Gasteiger partial charge on any atom is -0.327 e. The van der Waals surface area contributed by atoms with Crippen molar-refractivity contribution in [2.75, 3.05) is 5.32 Å². The molecule has 1 N–H and O–H groups in total. The molecule has 6 rings (SSSR count). The SMILES string of the molecule is Cc1ccc(NC(=O)C(C)[C@@H]2C3C[C@H]2C[C@H]3n2cnc3cc(F)c(F)cc32)nc1. The zero-order valence-electron chi connectivity index (χ0n) is 16.3. The number of aryl methyl sites for hydroxylation is 1. The van der Waals surface area contributed by atoms with Crippen molar-refractivity contribution in [3.63, 3.8) is 0 Å². The Kier molecular flexibility index (Phi) is 4.15. The third kappa shape index (κ3) is 2.91. The highest BCUT2D eigenvalue weighted by Crippen LogP contribution is 2.61. The molecule has 3 aliphatic rings. The van der Waals surface area contributed by atoms with Crippen molar-refractivity contribution in [2.24, 2.45) is 23.7 Å². The highest BCUT2D eigenvalue weighted by atomic mass is 19.2. The van der Waals surface area contributed by atoms with Gasteiger partial charge in [-0.15, -0.1) is 0 Å². The Bertz CT molecular complexity index is 1090. The molecule has 3 aromatic rings. The number of nitrogens with one attached hydrogen (secondary N) is 1. The smallest absolute Gasteiger partial charge is 0.228 e. The lowest BCUT2D eigenvalue weighted by Crippen LogP contribution is -2.40. The number of benzene rings is 1. The van der Waals surface area contributed by atoms with Crippen LogP contribution in [0.4, 0.5) is 14.6 Å². The lowest BCUT2D eigenvalue weighted by molar-refractivity contribution is -0.123. The molecule has 1 amide bonds. The van der Waals surface area contributed by atoms with Crippen LogP contribution in [0.1, 0.15) is 31.4 Å². The van der Waals surface area contributed by atoms with Gasteiger partial charge in [-0.05, 0) is 49.1 Å². The van der Waals surface area contributed by atoms with Crippen LogP contribution < -0.4 is 5.32 Å². The quantitative estimate of drug-likeness (QED) is 0.707. The largest absolute Gasteiger partial charge is 0.327 e. The first-order chi connectivity index (χ1) is 13.9. The van der Waals surface area contributed by atoms with Crippen molar-refractivity contribution in [1.82, 2.24) is 14.5 Å². The van der Waals surface area contributed by atoms with E-state index < -0.39 is 11.6 Å².